The van der Waals surface area contributed by atoms with Crippen molar-refractivity contribution in [3.8, 4) is 6.07 Å². The van der Waals surface area contributed by atoms with Gasteiger partial charge >= 0.3 is 5.97 Å². The van der Waals surface area contributed by atoms with E-state index < -0.39 is 11.8 Å². The molecule has 20 heavy (non-hydrogen) atoms. The number of anilines is 1. The van der Waals surface area contributed by atoms with Crippen molar-refractivity contribution < 1.29 is 13.9 Å². The van der Waals surface area contributed by atoms with Gasteiger partial charge in [-0.25, -0.2) is 9.18 Å². The fourth-order valence-electron chi connectivity index (χ4n) is 1.62. The molecule has 1 heterocycles. The number of hydrogen-bond acceptors (Lipinski definition) is 5. The molecule has 0 radical (unpaired) electrons. The number of carbonyl (C=O) groups excluding carboxylic acids is 1. The van der Waals surface area contributed by atoms with Crippen LogP contribution in [0.25, 0.3) is 0 Å². The van der Waals surface area contributed by atoms with Crippen molar-refractivity contribution >= 4 is 23.0 Å². The fourth-order valence-corrected chi connectivity index (χ4v) is 2.37. The van der Waals surface area contributed by atoms with Gasteiger partial charge in [0.2, 0.25) is 0 Å². The average molecular weight is 290 g/mol. The van der Waals surface area contributed by atoms with E-state index in [-0.39, 0.29) is 5.56 Å². The summed E-state index contributed by atoms with van der Waals surface area (Å²) in [6.45, 7) is 0.499. The van der Waals surface area contributed by atoms with Gasteiger partial charge in [0.1, 0.15) is 16.8 Å². The number of benzene rings is 1. The molecule has 2 aromatic rings. The van der Waals surface area contributed by atoms with Crippen molar-refractivity contribution in [2.24, 2.45) is 0 Å². The van der Waals surface area contributed by atoms with Crippen LogP contribution in [-0.2, 0) is 11.3 Å². The van der Waals surface area contributed by atoms with Gasteiger partial charge in [-0.05, 0) is 30.3 Å². The lowest BCUT2D eigenvalue weighted by molar-refractivity contribution is 0.0595. The van der Waals surface area contributed by atoms with Gasteiger partial charge in [-0.15, -0.1) is 11.3 Å². The third-order valence-corrected chi connectivity index (χ3v) is 3.60. The van der Waals surface area contributed by atoms with Gasteiger partial charge < -0.3 is 10.1 Å². The third kappa shape index (κ3) is 3.13. The lowest BCUT2D eigenvalue weighted by atomic mass is 10.2. The van der Waals surface area contributed by atoms with Crippen molar-refractivity contribution in [2.45, 2.75) is 6.54 Å². The van der Waals surface area contributed by atoms with E-state index in [1.807, 2.05) is 6.07 Å². The Kier molecular flexibility index (Phi) is 4.33. The van der Waals surface area contributed by atoms with Gasteiger partial charge in [0, 0.05) is 17.1 Å². The van der Waals surface area contributed by atoms with Crippen LogP contribution in [0.2, 0.25) is 0 Å². The van der Waals surface area contributed by atoms with Crippen molar-refractivity contribution in [1.82, 2.24) is 0 Å². The highest BCUT2D eigenvalue weighted by molar-refractivity contribution is 7.12. The van der Waals surface area contributed by atoms with Crippen LogP contribution in [0, 0.1) is 17.1 Å². The van der Waals surface area contributed by atoms with E-state index >= 15 is 0 Å². The van der Waals surface area contributed by atoms with Gasteiger partial charge in [0.25, 0.3) is 0 Å². The molecule has 0 aliphatic heterocycles. The minimum Gasteiger partial charge on any atom is -0.465 e. The molecule has 0 unspecified atom stereocenters. The molecule has 0 aliphatic carbocycles. The average Bonchev–Trinajstić information content (AvgIpc) is 2.93. The molecule has 2 rings (SSSR count). The van der Waals surface area contributed by atoms with Crippen molar-refractivity contribution in [3.05, 3.63) is 51.5 Å². The van der Waals surface area contributed by atoms with Gasteiger partial charge in [-0.1, -0.05) is 0 Å². The van der Waals surface area contributed by atoms with Crippen LogP contribution in [0.15, 0.2) is 30.3 Å². The maximum Gasteiger partial charge on any atom is 0.340 e. The summed E-state index contributed by atoms with van der Waals surface area (Å²) in [5.74, 6) is -1.33. The summed E-state index contributed by atoms with van der Waals surface area (Å²) < 4.78 is 18.0. The number of esters is 1. The summed E-state index contributed by atoms with van der Waals surface area (Å²) in [7, 11) is 1.21. The summed E-state index contributed by atoms with van der Waals surface area (Å²) in [5.41, 5.74) is 0.500. The number of carbonyl (C=O) groups is 1. The molecule has 1 aromatic carbocycles. The fraction of sp³-hybridized carbons (Fsp3) is 0.143. The topological polar surface area (TPSA) is 62.1 Å². The summed E-state index contributed by atoms with van der Waals surface area (Å²) in [6, 6.07) is 9.81. The Bertz CT molecular complexity index is 676. The Morgan fingerprint density at radius 2 is 2.25 bits per heavy atom. The van der Waals surface area contributed by atoms with E-state index in [1.165, 1.54) is 30.6 Å². The highest BCUT2D eigenvalue weighted by atomic mass is 32.1. The normalized spacial score (nSPS) is 9.85. The first-order valence-electron chi connectivity index (χ1n) is 5.74. The number of ether oxygens (including phenoxy) is 1. The molecule has 0 bridgehead atoms. The molecule has 1 aromatic heterocycles. The zero-order valence-corrected chi connectivity index (χ0v) is 11.5. The van der Waals surface area contributed by atoms with E-state index in [9.17, 15) is 9.18 Å². The summed E-state index contributed by atoms with van der Waals surface area (Å²) >= 11 is 1.38. The summed E-state index contributed by atoms with van der Waals surface area (Å²) in [6.07, 6.45) is 0. The Labute approximate surface area is 119 Å². The van der Waals surface area contributed by atoms with Crippen molar-refractivity contribution in [2.75, 3.05) is 12.4 Å². The second-order valence-corrected chi connectivity index (χ2v) is 5.09. The molecule has 0 saturated heterocycles. The minimum atomic E-state index is -0.714. The predicted octanol–water partition coefficient (Wildman–Crippen LogP) is 3.16. The summed E-state index contributed by atoms with van der Waals surface area (Å²) in [4.78, 5) is 13.0. The zero-order valence-electron chi connectivity index (χ0n) is 10.6. The van der Waals surface area contributed by atoms with Crippen LogP contribution in [0.1, 0.15) is 20.1 Å². The highest BCUT2D eigenvalue weighted by Crippen LogP contribution is 2.19. The minimum absolute atomic E-state index is 0.110. The van der Waals surface area contributed by atoms with E-state index in [1.54, 1.807) is 12.1 Å². The monoisotopic (exact) mass is 290 g/mol. The highest BCUT2D eigenvalue weighted by Gasteiger charge is 2.12. The number of hydrogen-bond donors (Lipinski definition) is 1. The number of thiophene rings is 1. The zero-order chi connectivity index (χ0) is 14.5. The van der Waals surface area contributed by atoms with E-state index in [2.05, 4.69) is 16.1 Å². The molecule has 0 spiro atoms. The number of nitrogens with zero attached hydrogens (tertiary/aromatic N) is 1. The van der Waals surface area contributed by atoms with E-state index in [0.717, 1.165) is 4.88 Å². The Morgan fingerprint density at radius 1 is 1.45 bits per heavy atom. The van der Waals surface area contributed by atoms with Crippen LogP contribution in [-0.4, -0.2) is 13.1 Å². The molecule has 6 heteroatoms. The summed E-state index contributed by atoms with van der Waals surface area (Å²) in [5, 5.41) is 11.8. The molecule has 102 valence electrons. The van der Waals surface area contributed by atoms with Crippen LogP contribution in [0.4, 0.5) is 10.1 Å². The predicted molar refractivity (Wildman–Crippen MR) is 74.1 cm³/mol. The second kappa shape index (κ2) is 6.17. The third-order valence-electron chi connectivity index (χ3n) is 2.61. The number of halogens is 1. The molecule has 0 saturated carbocycles. The van der Waals surface area contributed by atoms with Gasteiger partial charge in [0.15, 0.2) is 0 Å². The van der Waals surface area contributed by atoms with Crippen LogP contribution < -0.4 is 5.32 Å². The van der Waals surface area contributed by atoms with E-state index in [4.69, 9.17) is 5.26 Å². The second-order valence-electron chi connectivity index (χ2n) is 3.92. The van der Waals surface area contributed by atoms with Gasteiger partial charge in [-0.3, -0.25) is 0 Å². The number of rotatable bonds is 4. The lowest BCUT2D eigenvalue weighted by Gasteiger charge is -2.07. The molecule has 0 amide bonds. The smallest absolute Gasteiger partial charge is 0.340 e. The number of methoxy groups -OCH3 is 1. The lowest BCUT2D eigenvalue weighted by Crippen LogP contribution is -2.06. The van der Waals surface area contributed by atoms with Crippen molar-refractivity contribution in [1.29, 1.82) is 5.26 Å². The van der Waals surface area contributed by atoms with Gasteiger partial charge in [0.05, 0.1) is 12.7 Å². The standard InChI is InChI=1S/C14H11FN2O2S/c1-19-14(18)12-6-9(2-5-13(12)15)17-8-11-4-3-10(7-16)20-11/h2-6,17H,8H2,1H3. The van der Waals surface area contributed by atoms with Gasteiger partial charge in [-0.2, -0.15) is 5.26 Å². The maximum absolute atomic E-state index is 13.5. The maximum atomic E-state index is 13.5. The Balaban J connectivity index is 2.10. The quantitative estimate of drug-likeness (QED) is 0.879. The molecule has 0 atom stereocenters. The molecular weight excluding hydrogens is 279 g/mol. The largest absolute Gasteiger partial charge is 0.465 e. The Morgan fingerprint density at radius 3 is 2.90 bits per heavy atom. The molecule has 1 N–H and O–H groups in total. The number of nitriles is 1. The van der Waals surface area contributed by atoms with Crippen molar-refractivity contribution in [3.63, 3.8) is 0 Å². The molecule has 0 fully saturated rings. The van der Waals surface area contributed by atoms with E-state index in [0.29, 0.717) is 17.1 Å². The molecule has 0 aliphatic rings. The Hall–Kier alpha value is -2.39. The van der Waals surface area contributed by atoms with Crippen LogP contribution >= 0.6 is 11.3 Å². The molecule has 4 nitrogen and oxygen atoms in total. The van der Waals surface area contributed by atoms with Crippen LogP contribution in [0.5, 0.6) is 0 Å². The SMILES string of the molecule is COC(=O)c1cc(NCc2ccc(C#N)s2)ccc1F. The first kappa shape index (κ1) is 14.0. The first-order chi connectivity index (χ1) is 9.63. The first-order valence-corrected chi connectivity index (χ1v) is 6.56. The number of nitrogens with one attached hydrogen (secondary N) is 1. The van der Waals surface area contributed by atoms with Crippen LogP contribution in [0.3, 0.4) is 0 Å². The molecular formula is C14H11FN2O2S.